The number of carbonyl (C=O) groups excluding carboxylic acids is 1. The van der Waals surface area contributed by atoms with E-state index in [4.69, 9.17) is 0 Å². The Morgan fingerprint density at radius 2 is 2.12 bits per heavy atom. The van der Waals surface area contributed by atoms with Crippen molar-refractivity contribution in [1.29, 1.82) is 0 Å². The topological polar surface area (TPSA) is 93.1 Å². The third-order valence-electron chi connectivity index (χ3n) is 3.50. The van der Waals surface area contributed by atoms with Gasteiger partial charge in [-0.15, -0.1) is 0 Å². The summed E-state index contributed by atoms with van der Waals surface area (Å²) in [6.07, 6.45) is 3.49. The van der Waals surface area contributed by atoms with Crippen molar-refractivity contribution in [2.75, 3.05) is 6.54 Å². The molecule has 0 bridgehead atoms. The van der Waals surface area contributed by atoms with Crippen LogP contribution in [-0.2, 0) is 16.6 Å². The fourth-order valence-corrected chi connectivity index (χ4v) is 3.39. The Morgan fingerprint density at radius 3 is 2.75 bits per heavy atom. The van der Waals surface area contributed by atoms with E-state index < -0.39 is 10.0 Å². The molecule has 0 aliphatic carbocycles. The summed E-state index contributed by atoms with van der Waals surface area (Å²) in [4.78, 5) is 12.6. The molecule has 7 nitrogen and oxygen atoms in total. The molecular weight excluding hydrogens is 328 g/mol. The van der Waals surface area contributed by atoms with Crippen LogP contribution in [0.5, 0.6) is 0 Å². The molecule has 0 fully saturated rings. The lowest BCUT2D eigenvalue weighted by atomic mass is 10.1. The van der Waals surface area contributed by atoms with E-state index in [1.54, 1.807) is 30.8 Å². The van der Waals surface area contributed by atoms with Crippen LogP contribution in [-0.4, -0.2) is 36.7 Å². The number of nitrogens with zero attached hydrogens (tertiary/aromatic N) is 2. The molecule has 1 atom stereocenters. The number of aryl methyl sites for hydroxylation is 1. The maximum absolute atomic E-state index is 12.5. The molecular formula is C16H22N4O3S. The number of amides is 1. The van der Waals surface area contributed by atoms with Crippen LogP contribution in [0.25, 0.3) is 0 Å². The Hall–Kier alpha value is -2.19. The minimum Gasteiger partial charge on any atom is -0.348 e. The zero-order chi connectivity index (χ0) is 17.7. The predicted octanol–water partition coefficient (Wildman–Crippen LogP) is 1.31. The normalized spacial score (nSPS) is 12.8. The highest BCUT2D eigenvalue weighted by molar-refractivity contribution is 7.89. The second kappa shape index (κ2) is 7.59. The third-order valence-corrected chi connectivity index (χ3v) is 5.04. The summed E-state index contributed by atoms with van der Waals surface area (Å²) in [6, 6.07) is 6.21. The Balaban J connectivity index is 2.16. The van der Waals surface area contributed by atoms with E-state index in [0.29, 0.717) is 24.2 Å². The molecule has 0 aliphatic rings. The molecule has 1 amide bonds. The van der Waals surface area contributed by atoms with Crippen LogP contribution in [0.15, 0.2) is 41.6 Å². The summed E-state index contributed by atoms with van der Waals surface area (Å²) in [6.45, 7) is 6.17. The van der Waals surface area contributed by atoms with Crippen LogP contribution in [0.2, 0.25) is 0 Å². The van der Waals surface area contributed by atoms with Gasteiger partial charge in [0, 0.05) is 30.5 Å². The van der Waals surface area contributed by atoms with E-state index in [9.17, 15) is 13.2 Å². The number of nitrogens with one attached hydrogen (secondary N) is 2. The van der Waals surface area contributed by atoms with Crippen molar-refractivity contribution < 1.29 is 13.2 Å². The molecule has 1 heterocycles. The van der Waals surface area contributed by atoms with Crippen LogP contribution in [0, 0.1) is 6.92 Å². The molecule has 0 spiro atoms. The zero-order valence-electron chi connectivity index (χ0n) is 14.0. The minimum atomic E-state index is -3.60. The lowest BCUT2D eigenvalue weighted by Gasteiger charge is -2.16. The van der Waals surface area contributed by atoms with Crippen molar-refractivity contribution in [2.24, 2.45) is 0 Å². The second-order valence-electron chi connectivity index (χ2n) is 5.58. The van der Waals surface area contributed by atoms with Gasteiger partial charge in [0.15, 0.2) is 0 Å². The van der Waals surface area contributed by atoms with E-state index in [1.165, 1.54) is 12.1 Å². The molecule has 0 aliphatic heterocycles. The number of benzene rings is 1. The highest BCUT2D eigenvalue weighted by Crippen LogP contribution is 2.16. The first-order valence-electron chi connectivity index (χ1n) is 7.72. The van der Waals surface area contributed by atoms with Gasteiger partial charge in [0.25, 0.3) is 5.91 Å². The van der Waals surface area contributed by atoms with Crippen molar-refractivity contribution in [3.63, 3.8) is 0 Å². The highest BCUT2D eigenvalue weighted by Gasteiger charge is 2.18. The molecule has 2 rings (SSSR count). The van der Waals surface area contributed by atoms with E-state index >= 15 is 0 Å². The van der Waals surface area contributed by atoms with Gasteiger partial charge in [-0.3, -0.25) is 9.48 Å². The molecule has 1 aromatic carbocycles. The summed E-state index contributed by atoms with van der Waals surface area (Å²) in [7, 11) is -3.60. The monoisotopic (exact) mass is 350 g/mol. The lowest BCUT2D eigenvalue weighted by molar-refractivity contribution is 0.0935. The summed E-state index contributed by atoms with van der Waals surface area (Å²) in [5.41, 5.74) is 1.07. The van der Waals surface area contributed by atoms with Crippen molar-refractivity contribution in [3.8, 4) is 0 Å². The Kier molecular flexibility index (Phi) is 5.74. The fraction of sp³-hybridized carbons (Fsp3) is 0.375. The van der Waals surface area contributed by atoms with Crippen molar-refractivity contribution in [2.45, 2.75) is 38.3 Å². The number of hydrogen-bond donors (Lipinski definition) is 2. The van der Waals surface area contributed by atoms with Crippen LogP contribution < -0.4 is 10.0 Å². The number of carbonyl (C=O) groups is 1. The number of rotatable bonds is 7. The first-order chi connectivity index (χ1) is 11.3. The summed E-state index contributed by atoms with van der Waals surface area (Å²) >= 11 is 0. The van der Waals surface area contributed by atoms with Gasteiger partial charge in [0.2, 0.25) is 10.0 Å². The van der Waals surface area contributed by atoms with Crippen LogP contribution in [0.1, 0.15) is 29.8 Å². The largest absolute Gasteiger partial charge is 0.348 e. The Labute approximate surface area is 142 Å². The van der Waals surface area contributed by atoms with Crippen LogP contribution >= 0.6 is 0 Å². The molecule has 130 valence electrons. The average Bonchev–Trinajstić information content (AvgIpc) is 2.99. The molecule has 2 N–H and O–H groups in total. The number of hydrogen-bond acceptors (Lipinski definition) is 4. The molecule has 8 heteroatoms. The van der Waals surface area contributed by atoms with Crippen LogP contribution in [0.4, 0.5) is 0 Å². The molecule has 24 heavy (non-hydrogen) atoms. The third kappa shape index (κ3) is 4.42. The van der Waals surface area contributed by atoms with E-state index in [0.717, 1.165) is 0 Å². The van der Waals surface area contributed by atoms with Crippen LogP contribution in [0.3, 0.4) is 0 Å². The van der Waals surface area contributed by atoms with Crippen molar-refractivity contribution in [3.05, 3.63) is 47.8 Å². The van der Waals surface area contributed by atoms with Gasteiger partial charge >= 0.3 is 0 Å². The summed E-state index contributed by atoms with van der Waals surface area (Å²) < 4.78 is 28.3. The highest BCUT2D eigenvalue weighted by atomic mass is 32.2. The van der Waals surface area contributed by atoms with Gasteiger partial charge in [-0.2, -0.15) is 5.10 Å². The van der Waals surface area contributed by atoms with E-state index in [-0.39, 0.29) is 16.8 Å². The van der Waals surface area contributed by atoms with E-state index in [2.05, 4.69) is 15.1 Å². The zero-order valence-corrected chi connectivity index (χ0v) is 14.8. The Morgan fingerprint density at radius 1 is 1.38 bits per heavy atom. The van der Waals surface area contributed by atoms with E-state index in [1.807, 2.05) is 19.2 Å². The minimum absolute atomic E-state index is 0.0832. The van der Waals surface area contributed by atoms with Gasteiger partial charge in [0.05, 0.1) is 11.4 Å². The van der Waals surface area contributed by atoms with Gasteiger partial charge in [-0.25, -0.2) is 13.1 Å². The van der Waals surface area contributed by atoms with Gasteiger partial charge in [0.1, 0.15) is 0 Å². The Bertz CT molecular complexity index is 801. The predicted molar refractivity (Wildman–Crippen MR) is 91.2 cm³/mol. The standard InChI is InChI=1S/C16H22N4O3S/c1-4-18-24(22,23)14-7-6-12(2)15(10-14)16(21)19-13(3)11-20-9-5-8-17-20/h5-10,13,18H,4,11H2,1-3H3,(H,19,21). The van der Waals surface area contributed by atoms with Crippen molar-refractivity contribution >= 4 is 15.9 Å². The molecule has 2 aromatic rings. The first kappa shape index (κ1) is 18.2. The molecule has 0 saturated heterocycles. The molecule has 0 saturated carbocycles. The van der Waals surface area contributed by atoms with Gasteiger partial charge in [-0.05, 0) is 37.6 Å². The SMILES string of the molecule is CCNS(=O)(=O)c1ccc(C)c(C(=O)NC(C)Cn2cccn2)c1. The fourth-order valence-electron chi connectivity index (χ4n) is 2.32. The molecule has 1 unspecified atom stereocenters. The first-order valence-corrected chi connectivity index (χ1v) is 9.20. The maximum atomic E-state index is 12.5. The number of aromatic nitrogens is 2. The number of sulfonamides is 1. The van der Waals surface area contributed by atoms with Gasteiger partial charge in [-0.1, -0.05) is 13.0 Å². The summed E-state index contributed by atoms with van der Waals surface area (Å²) in [5.74, 6) is -0.305. The second-order valence-corrected chi connectivity index (χ2v) is 7.35. The summed E-state index contributed by atoms with van der Waals surface area (Å²) in [5, 5.41) is 6.97. The maximum Gasteiger partial charge on any atom is 0.251 e. The molecule has 0 radical (unpaired) electrons. The average molecular weight is 350 g/mol. The quantitative estimate of drug-likeness (QED) is 0.787. The molecule has 1 aromatic heterocycles. The lowest BCUT2D eigenvalue weighted by Crippen LogP contribution is -2.36. The van der Waals surface area contributed by atoms with Gasteiger partial charge < -0.3 is 5.32 Å². The van der Waals surface area contributed by atoms with Crippen molar-refractivity contribution in [1.82, 2.24) is 19.8 Å². The smallest absolute Gasteiger partial charge is 0.251 e.